The summed E-state index contributed by atoms with van der Waals surface area (Å²) in [6.45, 7) is 25.5. The molecule has 121 heavy (non-hydrogen) atoms. The molecule has 8 aromatic carbocycles. The van der Waals surface area contributed by atoms with Gasteiger partial charge in [-0.15, -0.1) is 0 Å². The van der Waals surface area contributed by atoms with E-state index in [1.807, 2.05) is 166 Å². The average Bonchev–Trinajstić information content (AvgIpc) is 1.54. The minimum Gasteiger partial charge on any atom is -0.496 e. The van der Waals surface area contributed by atoms with Crippen molar-refractivity contribution in [1.29, 1.82) is 0 Å². The standard InChI is InChI=1S/C24H24BrClN4O.C24H24Cl2N4O.C22H19BrCl2N4O.C22H20Cl2N4O/c1-5-31-21-17(12-18(26)15(4)19(21)16-8-6-13(2)7-9-16)14(3)24-29-22(25)20-23(27)28-10-11-30(20)24;1-5-31-21-17(12-18(25)15(4)19(21)16-8-6-13(2)7-9-16)14(3)24-29-22(26)20-23(27)28-10-11-30(20)24;1-11(22-28-20(23)18-21(26)27-10-16(25)29(18)22)14-9-15(24)12(2)17(19(14)30-3)13-7-5-4-6-8-13;1-12(22-27-20(24)18-21(25)26-9-10-28(18)22)15-11-16(23)13(2)17(19(15)29-3)14-7-5-4-6-8-14/h2*6-12,14H,5H2,1-4H3,(H2,27,28);4-11H,1-3H3,(H2,26,27);4-12H,1-3H3,(H2,25,26). The molecule has 0 saturated carbocycles. The Morgan fingerprint density at radius 3 is 1.03 bits per heavy atom. The van der Waals surface area contributed by atoms with Crippen LogP contribution < -0.4 is 41.9 Å². The molecule has 0 amide bonds. The van der Waals surface area contributed by atoms with E-state index in [4.69, 9.17) is 133 Å². The van der Waals surface area contributed by atoms with Crippen molar-refractivity contribution in [1.82, 2.24) is 57.5 Å². The van der Waals surface area contributed by atoms with E-state index in [1.165, 1.54) is 17.3 Å². The second kappa shape index (κ2) is 37.5. The quantitative estimate of drug-likeness (QED) is 0.0622. The number of nitrogens with zero attached hydrogens (tertiary/aromatic N) is 12. The zero-order valence-corrected chi connectivity index (χ0v) is 77.1. The number of hydrogen-bond acceptors (Lipinski definition) is 16. The molecule has 0 aliphatic heterocycles. The zero-order chi connectivity index (χ0) is 86.9. The summed E-state index contributed by atoms with van der Waals surface area (Å²) in [5.74, 6) is 6.97. The Labute approximate surface area is 753 Å². The molecule has 4 unspecified atom stereocenters. The third-order valence-electron chi connectivity index (χ3n) is 21.6. The van der Waals surface area contributed by atoms with Gasteiger partial charge in [-0.05, 0) is 156 Å². The first-order chi connectivity index (χ1) is 57.9. The molecule has 20 nitrogen and oxygen atoms in total. The summed E-state index contributed by atoms with van der Waals surface area (Å²) < 4.78 is 33.0. The second-order valence-corrected chi connectivity index (χ2v) is 33.3. The molecule has 0 radical (unpaired) electrons. The molecular weight excluding hydrogens is 1800 g/mol. The van der Waals surface area contributed by atoms with Crippen molar-refractivity contribution < 1.29 is 18.9 Å². The van der Waals surface area contributed by atoms with Crippen molar-refractivity contribution in [3.63, 3.8) is 0 Å². The van der Waals surface area contributed by atoms with Crippen LogP contribution in [0.15, 0.2) is 186 Å². The highest BCUT2D eigenvalue weighted by Crippen LogP contribution is 2.51. The Morgan fingerprint density at radius 1 is 0.372 bits per heavy atom. The van der Waals surface area contributed by atoms with Gasteiger partial charge in [-0.3, -0.25) is 17.6 Å². The van der Waals surface area contributed by atoms with Crippen LogP contribution in [0.2, 0.25) is 35.5 Å². The lowest BCUT2D eigenvalue weighted by atomic mass is 9.90. The Morgan fingerprint density at radius 2 is 0.669 bits per heavy atom. The Kier molecular flexibility index (Phi) is 27.4. The molecule has 0 saturated heterocycles. The van der Waals surface area contributed by atoms with Gasteiger partial charge in [-0.1, -0.05) is 229 Å². The summed E-state index contributed by atoms with van der Waals surface area (Å²) in [5, 5.41) is 3.75. The highest BCUT2D eigenvalue weighted by molar-refractivity contribution is 9.10. The fourth-order valence-electron chi connectivity index (χ4n) is 15.3. The number of aryl methyl sites for hydroxylation is 2. The lowest BCUT2D eigenvalue weighted by Crippen LogP contribution is -2.08. The van der Waals surface area contributed by atoms with E-state index in [2.05, 4.69) is 138 Å². The van der Waals surface area contributed by atoms with Gasteiger partial charge >= 0.3 is 0 Å². The first-order valence-electron chi connectivity index (χ1n) is 38.7. The van der Waals surface area contributed by atoms with E-state index in [0.29, 0.717) is 104 Å². The van der Waals surface area contributed by atoms with Crippen LogP contribution in [-0.2, 0) is 0 Å². The number of anilines is 4. The van der Waals surface area contributed by atoms with Crippen LogP contribution in [0.1, 0.15) is 144 Å². The molecule has 0 fully saturated rings. The van der Waals surface area contributed by atoms with Gasteiger partial charge in [0, 0.05) is 125 Å². The molecule has 4 atom stereocenters. The van der Waals surface area contributed by atoms with Crippen molar-refractivity contribution in [2.45, 2.75) is 107 Å². The largest absolute Gasteiger partial charge is 0.496 e. The molecule has 8 N–H and O–H groups in total. The van der Waals surface area contributed by atoms with E-state index in [1.54, 1.807) is 43.4 Å². The van der Waals surface area contributed by atoms with Gasteiger partial charge in [0.05, 0.1) is 33.6 Å². The lowest BCUT2D eigenvalue weighted by Gasteiger charge is -2.22. The smallest absolute Gasteiger partial charge is 0.158 e. The van der Waals surface area contributed by atoms with Crippen molar-refractivity contribution >= 4 is 158 Å². The predicted octanol–water partition coefficient (Wildman–Crippen LogP) is 25.3. The highest BCUT2D eigenvalue weighted by Gasteiger charge is 2.32. The van der Waals surface area contributed by atoms with Gasteiger partial charge in [0.15, 0.2) is 33.6 Å². The molecule has 8 heterocycles. The monoisotopic (exact) mass is 1880 g/mol. The minimum atomic E-state index is -0.196. The van der Waals surface area contributed by atoms with Gasteiger partial charge in [0.2, 0.25) is 0 Å². The summed E-state index contributed by atoms with van der Waals surface area (Å²) in [6, 6.07) is 44.7. The number of ether oxygens (including phenoxy) is 4. The molecule has 0 spiro atoms. The van der Waals surface area contributed by atoms with Crippen molar-refractivity contribution in [2.24, 2.45) is 0 Å². The number of nitrogens with two attached hydrogens (primary N) is 4. The van der Waals surface area contributed by atoms with E-state index >= 15 is 0 Å². The maximum Gasteiger partial charge on any atom is 0.158 e. The molecule has 0 aliphatic rings. The molecule has 29 heteroatoms. The molecule has 0 bridgehead atoms. The highest BCUT2D eigenvalue weighted by atomic mass is 79.9. The second-order valence-electron chi connectivity index (χ2n) is 29.0. The number of nitrogen functional groups attached to an aromatic ring is 4. The van der Waals surface area contributed by atoms with Crippen LogP contribution in [0.25, 0.3) is 66.6 Å². The van der Waals surface area contributed by atoms with Crippen LogP contribution in [-0.4, -0.2) is 84.9 Å². The maximum absolute atomic E-state index is 6.73. The average molecular weight is 1890 g/mol. The van der Waals surface area contributed by atoms with Gasteiger partial charge in [0.25, 0.3) is 0 Å². The zero-order valence-electron chi connectivity index (χ0n) is 68.7. The van der Waals surface area contributed by atoms with E-state index in [-0.39, 0.29) is 23.7 Å². The summed E-state index contributed by atoms with van der Waals surface area (Å²) >= 11 is 53.0. The number of hydrogen-bond donors (Lipinski definition) is 4. The molecular formula is C92H87Br2Cl7N16O4. The van der Waals surface area contributed by atoms with Gasteiger partial charge in [-0.25, -0.2) is 39.9 Å². The Hall–Kier alpha value is -10.4. The molecule has 622 valence electrons. The first kappa shape index (κ1) is 88.4. The fourth-order valence-corrected chi connectivity index (χ4v) is 18.1. The van der Waals surface area contributed by atoms with Crippen LogP contribution in [0.5, 0.6) is 23.0 Å². The molecule has 16 aromatic rings. The predicted molar refractivity (Wildman–Crippen MR) is 502 cm³/mol. The summed E-state index contributed by atoms with van der Waals surface area (Å²) in [7, 11) is 3.34. The molecule has 16 rings (SSSR count). The summed E-state index contributed by atoms with van der Waals surface area (Å²) in [4.78, 5) is 35.2. The van der Waals surface area contributed by atoms with Gasteiger partial charge in [-0.2, -0.15) is 0 Å². The van der Waals surface area contributed by atoms with Crippen molar-refractivity contribution in [3.05, 3.63) is 301 Å². The van der Waals surface area contributed by atoms with Gasteiger partial charge < -0.3 is 41.9 Å². The Balaban J connectivity index is 0.000000139. The molecule has 0 aliphatic carbocycles. The number of fused-ring (bicyclic) bond motifs is 4. The van der Waals surface area contributed by atoms with Crippen LogP contribution in [0.4, 0.5) is 23.3 Å². The van der Waals surface area contributed by atoms with Crippen molar-refractivity contribution in [2.75, 3.05) is 50.4 Å². The number of methoxy groups -OCH3 is 2. The molecule has 8 aromatic heterocycles. The van der Waals surface area contributed by atoms with Crippen LogP contribution in [0.3, 0.4) is 0 Å². The van der Waals surface area contributed by atoms with E-state index < -0.39 is 0 Å². The number of benzene rings is 8. The van der Waals surface area contributed by atoms with E-state index in [0.717, 1.165) is 135 Å². The Bertz CT molecular complexity index is 6370. The topological polar surface area (TPSA) is 262 Å². The number of imidazole rings is 4. The summed E-state index contributed by atoms with van der Waals surface area (Å²) in [5.41, 5.74) is 44.9. The fraction of sp³-hybridized carbons (Fsp3) is 0.217. The van der Waals surface area contributed by atoms with Crippen LogP contribution in [0, 0.1) is 41.5 Å². The third kappa shape index (κ3) is 17.3. The normalized spacial score (nSPS) is 12.3. The number of rotatable bonds is 18. The first-order valence-corrected chi connectivity index (χ1v) is 42.9. The van der Waals surface area contributed by atoms with Crippen LogP contribution >= 0.6 is 113 Å². The summed E-state index contributed by atoms with van der Waals surface area (Å²) in [6.07, 6.45) is 11.9. The SMILES string of the molecule is CCOc1c(C(C)c2nc(Br)c3c(N)nccn23)cc(Cl)c(C)c1-c1ccc(C)cc1.CCOc1c(C(C)c2nc(Cl)c3c(N)nccn23)cc(Cl)c(C)c1-c1ccc(C)cc1.COc1c(C(C)c2nc(Br)c3c(N)ncc(Cl)n23)cc(Cl)c(C)c1-c1ccccc1.COc1c(C(C)c2nc(Cl)c3c(N)nccn23)cc(Cl)c(C)c1-c1ccccc1. The third-order valence-corrected chi connectivity index (χ3v) is 25.0. The maximum atomic E-state index is 6.73. The van der Waals surface area contributed by atoms with Crippen molar-refractivity contribution in [3.8, 4) is 67.5 Å². The van der Waals surface area contributed by atoms with Gasteiger partial charge in [0.1, 0.15) is 82.7 Å². The minimum absolute atomic E-state index is 0.107. The lowest BCUT2D eigenvalue weighted by molar-refractivity contribution is 0.336. The van der Waals surface area contributed by atoms with E-state index in [9.17, 15) is 0 Å². The number of halogens is 9. The number of aromatic nitrogens is 12.